The Morgan fingerprint density at radius 1 is 1.50 bits per heavy atom. The molecule has 0 aliphatic carbocycles. The standard InChI is InChI=1S/C6H6N4.H2/c1-4-2-7-5-3-8-10-6(5)9-4;/h2-3H,1H3,(H,8,9,10);1H. The van der Waals surface area contributed by atoms with E-state index in [0.717, 1.165) is 16.9 Å². The first kappa shape index (κ1) is 5.34. The van der Waals surface area contributed by atoms with Crippen LogP contribution in [0.15, 0.2) is 12.4 Å². The van der Waals surface area contributed by atoms with E-state index in [2.05, 4.69) is 20.2 Å². The molecule has 0 amide bonds. The molecule has 2 aromatic rings. The third-order valence-electron chi connectivity index (χ3n) is 1.28. The number of rotatable bonds is 0. The molecule has 0 saturated heterocycles. The molecule has 4 nitrogen and oxygen atoms in total. The highest BCUT2D eigenvalue weighted by atomic mass is 15.1. The molecule has 10 heavy (non-hydrogen) atoms. The molecule has 2 rings (SSSR count). The zero-order valence-corrected chi connectivity index (χ0v) is 5.50. The molecule has 0 saturated carbocycles. The van der Waals surface area contributed by atoms with E-state index in [9.17, 15) is 0 Å². The van der Waals surface area contributed by atoms with Gasteiger partial charge < -0.3 is 0 Å². The summed E-state index contributed by atoms with van der Waals surface area (Å²) >= 11 is 0. The molecule has 0 fully saturated rings. The minimum atomic E-state index is 0. The van der Waals surface area contributed by atoms with E-state index in [4.69, 9.17) is 0 Å². The number of nitrogens with zero attached hydrogens (tertiary/aromatic N) is 3. The summed E-state index contributed by atoms with van der Waals surface area (Å²) in [6.45, 7) is 1.90. The van der Waals surface area contributed by atoms with Crippen LogP contribution in [0.1, 0.15) is 7.12 Å². The van der Waals surface area contributed by atoms with E-state index in [1.54, 1.807) is 12.4 Å². The third-order valence-corrected chi connectivity index (χ3v) is 1.28. The van der Waals surface area contributed by atoms with Crippen molar-refractivity contribution in [3.63, 3.8) is 0 Å². The number of fused-ring (bicyclic) bond motifs is 1. The molecule has 0 radical (unpaired) electrons. The van der Waals surface area contributed by atoms with Gasteiger partial charge in [0.1, 0.15) is 5.52 Å². The summed E-state index contributed by atoms with van der Waals surface area (Å²) in [5, 5.41) is 6.53. The Balaban J connectivity index is 0.000000605. The van der Waals surface area contributed by atoms with Crippen molar-refractivity contribution in [3.8, 4) is 0 Å². The summed E-state index contributed by atoms with van der Waals surface area (Å²) in [4.78, 5) is 8.24. The van der Waals surface area contributed by atoms with Gasteiger partial charge in [-0.15, -0.1) is 0 Å². The second-order valence-electron chi connectivity index (χ2n) is 2.12. The molecular weight excluding hydrogens is 128 g/mol. The Kier molecular flexibility index (Phi) is 0.943. The summed E-state index contributed by atoms with van der Waals surface area (Å²) in [7, 11) is 0. The van der Waals surface area contributed by atoms with Crippen molar-refractivity contribution in [1.29, 1.82) is 0 Å². The maximum atomic E-state index is 4.16. The first-order chi connectivity index (χ1) is 4.86. The largest absolute Gasteiger partial charge is 0.259 e. The van der Waals surface area contributed by atoms with Crippen LogP contribution in [0.2, 0.25) is 0 Å². The first-order valence-electron chi connectivity index (χ1n) is 2.99. The Morgan fingerprint density at radius 3 is 3.30 bits per heavy atom. The molecule has 0 aliphatic rings. The average Bonchev–Trinajstić information content (AvgIpc) is 2.33. The molecule has 1 N–H and O–H groups in total. The number of aromatic nitrogens is 4. The van der Waals surface area contributed by atoms with Crippen molar-refractivity contribution in [1.82, 2.24) is 20.2 Å². The van der Waals surface area contributed by atoms with Crippen LogP contribution in [-0.2, 0) is 0 Å². The van der Waals surface area contributed by atoms with Gasteiger partial charge in [0.15, 0.2) is 5.65 Å². The van der Waals surface area contributed by atoms with Gasteiger partial charge >= 0.3 is 0 Å². The number of aromatic amines is 1. The second kappa shape index (κ2) is 1.76. The lowest BCUT2D eigenvalue weighted by Gasteiger charge is -1.87. The van der Waals surface area contributed by atoms with Crippen molar-refractivity contribution in [3.05, 3.63) is 18.1 Å². The molecule has 0 atom stereocenters. The minimum absolute atomic E-state index is 0. The van der Waals surface area contributed by atoms with Gasteiger partial charge in [0.05, 0.1) is 11.9 Å². The molecule has 52 valence electrons. The Morgan fingerprint density at radius 2 is 2.40 bits per heavy atom. The van der Waals surface area contributed by atoms with E-state index >= 15 is 0 Å². The van der Waals surface area contributed by atoms with Gasteiger partial charge in [0.2, 0.25) is 0 Å². The molecule has 0 aromatic carbocycles. The highest BCUT2D eigenvalue weighted by Crippen LogP contribution is 2.02. The zero-order valence-electron chi connectivity index (χ0n) is 5.50. The molecule has 0 spiro atoms. The van der Waals surface area contributed by atoms with Gasteiger partial charge in [0, 0.05) is 7.62 Å². The van der Waals surface area contributed by atoms with E-state index < -0.39 is 0 Å². The first-order valence-corrected chi connectivity index (χ1v) is 2.99. The molecule has 0 bridgehead atoms. The van der Waals surface area contributed by atoms with Gasteiger partial charge in [-0.05, 0) is 6.92 Å². The quantitative estimate of drug-likeness (QED) is 0.585. The highest BCUT2D eigenvalue weighted by molar-refractivity contribution is 5.67. The Bertz CT molecular complexity index is 356. The normalized spacial score (nSPS) is 10.5. The molecule has 4 heteroatoms. The SMILES string of the molecule is Cc1cnc2cn[nH]c2n1.[HH]. The van der Waals surface area contributed by atoms with E-state index in [1.165, 1.54) is 0 Å². The smallest absolute Gasteiger partial charge is 0.174 e. The third kappa shape index (κ3) is 0.655. The zero-order chi connectivity index (χ0) is 6.97. The van der Waals surface area contributed by atoms with E-state index in [-0.39, 0.29) is 1.43 Å². The fourth-order valence-electron chi connectivity index (χ4n) is 0.818. The maximum Gasteiger partial charge on any atom is 0.174 e. The van der Waals surface area contributed by atoms with Crippen molar-refractivity contribution in [2.45, 2.75) is 6.92 Å². The van der Waals surface area contributed by atoms with Gasteiger partial charge in [-0.3, -0.25) is 5.10 Å². The summed E-state index contributed by atoms with van der Waals surface area (Å²) < 4.78 is 0. The van der Waals surface area contributed by atoms with E-state index in [0.29, 0.717) is 0 Å². The number of hydrogen-bond acceptors (Lipinski definition) is 3. The molecule has 0 unspecified atom stereocenters. The van der Waals surface area contributed by atoms with Crippen LogP contribution in [-0.4, -0.2) is 20.2 Å². The summed E-state index contributed by atoms with van der Waals surface area (Å²) in [6, 6.07) is 0. The van der Waals surface area contributed by atoms with Gasteiger partial charge in [-0.1, -0.05) is 0 Å². The average molecular weight is 136 g/mol. The topological polar surface area (TPSA) is 54.5 Å². The van der Waals surface area contributed by atoms with Crippen molar-refractivity contribution in [2.24, 2.45) is 0 Å². The lowest BCUT2D eigenvalue weighted by atomic mass is 10.5. The Hall–Kier alpha value is -1.45. The number of hydrogen-bond donors (Lipinski definition) is 1. The predicted molar refractivity (Wildman–Crippen MR) is 38.5 cm³/mol. The minimum Gasteiger partial charge on any atom is -0.259 e. The molecule has 2 heterocycles. The number of nitrogens with one attached hydrogen (secondary N) is 1. The van der Waals surface area contributed by atoms with Gasteiger partial charge in [-0.2, -0.15) is 5.10 Å². The second-order valence-corrected chi connectivity index (χ2v) is 2.12. The van der Waals surface area contributed by atoms with Gasteiger partial charge in [-0.25, -0.2) is 9.97 Å². The molecular formula is C6H8N4. The maximum absolute atomic E-state index is 4.16. The van der Waals surface area contributed by atoms with Crippen molar-refractivity contribution < 1.29 is 1.43 Å². The summed E-state index contributed by atoms with van der Waals surface area (Å²) in [5.74, 6) is 0. The lowest BCUT2D eigenvalue weighted by molar-refractivity contribution is 1.08. The fourth-order valence-corrected chi connectivity index (χ4v) is 0.818. The fraction of sp³-hybridized carbons (Fsp3) is 0.167. The van der Waals surface area contributed by atoms with Crippen LogP contribution < -0.4 is 0 Å². The predicted octanol–water partition coefficient (Wildman–Crippen LogP) is 0.907. The number of aryl methyl sites for hydroxylation is 1. The van der Waals surface area contributed by atoms with Crippen LogP contribution >= 0.6 is 0 Å². The molecule has 0 aliphatic heterocycles. The molecule has 2 aromatic heterocycles. The van der Waals surface area contributed by atoms with Crippen LogP contribution in [0.5, 0.6) is 0 Å². The number of H-pyrrole nitrogens is 1. The highest BCUT2D eigenvalue weighted by Gasteiger charge is 1.95. The lowest BCUT2D eigenvalue weighted by Crippen LogP contribution is -1.83. The van der Waals surface area contributed by atoms with Crippen molar-refractivity contribution >= 4 is 11.2 Å². The van der Waals surface area contributed by atoms with Crippen LogP contribution in [0.3, 0.4) is 0 Å². The van der Waals surface area contributed by atoms with Crippen LogP contribution in [0, 0.1) is 6.92 Å². The summed E-state index contributed by atoms with van der Waals surface area (Å²) in [5.41, 5.74) is 2.46. The summed E-state index contributed by atoms with van der Waals surface area (Å²) in [6.07, 6.45) is 3.37. The van der Waals surface area contributed by atoms with Crippen LogP contribution in [0.4, 0.5) is 0 Å². The van der Waals surface area contributed by atoms with Gasteiger partial charge in [0.25, 0.3) is 0 Å². The van der Waals surface area contributed by atoms with Crippen LogP contribution in [0.25, 0.3) is 11.2 Å². The van der Waals surface area contributed by atoms with Crippen molar-refractivity contribution in [2.75, 3.05) is 0 Å². The monoisotopic (exact) mass is 136 g/mol. The Labute approximate surface area is 58.8 Å². The van der Waals surface area contributed by atoms with E-state index in [1.807, 2.05) is 6.92 Å².